The van der Waals surface area contributed by atoms with Gasteiger partial charge in [-0.3, -0.25) is 4.98 Å². The number of nitrogens with zero attached hydrogens (tertiary/aromatic N) is 1. The van der Waals surface area contributed by atoms with Gasteiger partial charge in [-0.1, -0.05) is 19.4 Å². The lowest BCUT2D eigenvalue weighted by Crippen LogP contribution is -1.95. The molecule has 0 bridgehead atoms. The predicted molar refractivity (Wildman–Crippen MR) is 50.0 cm³/mol. The van der Waals surface area contributed by atoms with E-state index in [0.717, 1.165) is 11.8 Å². The van der Waals surface area contributed by atoms with Gasteiger partial charge in [0.25, 0.3) is 0 Å². The van der Waals surface area contributed by atoms with E-state index in [2.05, 4.69) is 24.0 Å². The van der Waals surface area contributed by atoms with Gasteiger partial charge < -0.3 is 0 Å². The summed E-state index contributed by atoms with van der Waals surface area (Å²) in [5.74, 6) is 1.64. The molecule has 0 aliphatic heterocycles. The van der Waals surface area contributed by atoms with E-state index >= 15 is 0 Å². The molecule has 1 aliphatic carbocycles. The van der Waals surface area contributed by atoms with Gasteiger partial charge >= 0.3 is 0 Å². The van der Waals surface area contributed by atoms with E-state index in [1.807, 2.05) is 12.3 Å². The number of aromatic nitrogens is 1. The summed E-state index contributed by atoms with van der Waals surface area (Å²) in [6.45, 7) is 2.34. The van der Waals surface area contributed by atoms with Crippen molar-refractivity contribution in [3.63, 3.8) is 0 Å². The second-order valence-corrected chi connectivity index (χ2v) is 3.87. The Labute approximate surface area is 73.8 Å². The normalized spacial score (nSPS) is 29.1. The van der Waals surface area contributed by atoms with Crippen LogP contribution in [0.1, 0.15) is 37.8 Å². The van der Waals surface area contributed by atoms with E-state index in [1.54, 1.807) is 0 Å². The highest BCUT2D eigenvalue weighted by atomic mass is 14.7. The summed E-state index contributed by atoms with van der Waals surface area (Å²) < 4.78 is 0. The van der Waals surface area contributed by atoms with Crippen molar-refractivity contribution in [2.75, 3.05) is 0 Å². The third-order valence-electron chi connectivity index (χ3n) is 2.80. The van der Waals surface area contributed by atoms with E-state index in [4.69, 9.17) is 0 Å². The van der Waals surface area contributed by atoms with Gasteiger partial charge in [0.1, 0.15) is 0 Å². The molecule has 1 nitrogen and oxygen atoms in total. The zero-order chi connectivity index (χ0) is 8.39. The fourth-order valence-electron chi connectivity index (χ4n) is 2.09. The SMILES string of the molecule is C[C@@H]1CC[C@@H](c2ccccn2)C1. The molecule has 1 heterocycles. The molecule has 0 saturated heterocycles. The molecule has 1 saturated carbocycles. The monoisotopic (exact) mass is 161 g/mol. The summed E-state index contributed by atoms with van der Waals surface area (Å²) in [4.78, 5) is 4.40. The van der Waals surface area contributed by atoms with Crippen LogP contribution in [0, 0.1) is 5.92 Å². The average molecular weight is 161 g/mol. The largest absolute Gasteiger partial charge is 0.261 e. The first kappa shape index (κ1) is 7.78. The van der Waals surface area contributed by atoms with Crippen molar-refractivity contribution in [3.05, 3.63) is 30.1 Å². The molecule has 0 amide bonds. The zero-order valence-corrected chi connectivity index (χ0v) is 7.53. The maximum atomic E-state index is 4.40. The Bertz CT molecular complexity index is 242. The minimum absolute atomic E-state index is 0.737. The first-order valence-corrected chi connectivity index (χ1v) is 4.77. The lowest BCUT2D eigenvalue weighted by Gasteiger charge is -2.07. The van der Waals surface area contributed by atoms with E-state index in [9.17, 15) is 0 Å². The molecule has 1 heteroatoms. The number of rotatable bonds is 1. The fraction of sp³-hybridized carbons (Fsp3) is 0.545. The maximum absolute atomic E-state index is 4.40. The lowest BCUT2D eigenvalue weighted by molar-refractivity contribution is 0.592. The van der Waals surface area contributed by atoms with Gasteiger partial charge in [0.15, 0.2) is 0 Å². The Morgan fingerprint density at radius 2 is 2.25 bits per heavy atom. The highest BCUT2D eigenvalue weighted by Gasteiger charge is 2.23. The summed E-state index contributed by atoms with van der Waals surface area (Å²) >= 11 is 0. The van der Waals surface area contributed by atoms with Crippen molar-refractivity contribution >= 4 is 0 Å². The number of hydrogen-bond acceptors (Lipinski definition) is 1. The molecule has 2 atom stereocenters. The quantitative estimate of drug-likeness (QED) is 0.617. The Kier molecular flexibility index (Phi) is 2.11. The van der Waals surface area contributed by atoms with Gasteiger partial charge in [-0.25, -0.2) is 0 Å². The van der Waals surface area contributed by atoms with Gasteiger partial charge in [0.05, 0.1) is 0 Å². The number of pyridine rings is 1. The van der Waals surface area contributed by atoms with Crippen LogP contribution in [0.15, 0.2) is 24.4 Å². The van der Waals surface area contributed by atoms with Gasteiger partial charge in [0.2, 0.25) is 0 Å². The standard InChI is InChI=1S/C11H15N/c1-9-5-6-10(8-9)11-4-2-3-7-12-11/h2-4,7,9-10H,5-6,8H2,1H3/t9-,10-/m1/s1. The van der Waals surface area contributed by atoms with Crippen LogP contribution < -0.4 is 0 Å². The van der Waals surface area contributed by atoms with Gasteiger partial charge in [-0.2, -0.15) is 0 Å². The highest BCUT2D eigenvalue weighted by Crippen LogP contribution is 2.36. The van der Waals surface area contributed by atoms with Gasteiger partial charge in [0, 0.05) is 17.8 Å². The lowest BCUT2D eigenvalue weighted by atomic mass is 10.0. The molecule has 0 radical (unpaired) electrons. The third-order valence-corrected chi connectivity index (χ3v) is 2.80. The van der Waals surface area contributed by atoms with Crippen LogP contribution >= 0.6 is 0 Å². The zero-order valence-electron chi connectivity index (χ0n) is 7.53. The molecule has 1 aliphatic rings. The summed E-state index contributed by atoms with van der Waals surface area (Å²) in [5, 5.41) is 0. The molecule has 12 heavy (non-hydrogen) atoms. The van der Waals surface area contributed by atoms with Crippen molar-refractivity contribution in [1.82, 2.24) is 4.98 Å². The van der Waals surface area contributed by atoms with Crippen molar-refractivity contribution in [2.45, 2.75) is 32.1 Å². The molecule has 1 fully saturated rings. The van der Waals surface area contributed by atoms with Crippen LogP contribution in [0.4, 0.5) is 0 Å². The van der Waals surface area contributed by atoms with Gasteiger partial charge in [-0.15, -0.1) is 0 Å². The van der Waals surface area contributed by atoms with Crippen LogP contribution in [0.2, 0.25) is 0 Å². The van der Waals surface area contributed by atoms with E-state index in [0.29, 0.717) is 0 Å². The average Bonchev–Trinajstić information content (AvgIpc) is 2.54. The highest BCUT2D eigenvalue weighted by molar-refractivity contribution is 5.10. The minimum atomic E-state index is 0.737. The minimum Gasteiger partial charge on any atom is -0.261 e. The topological polar surface area (TPSA) is 12.9 Å². The second kappa shape index (κ2) is 3.26. The van der Waals surface area contributed by atoms with Gasteiger partial charge in [-0.05, 0) is 30.9 Å². The molecular formula is C11H15N. The molecule has 2 rings (SSSR count). The first-order chi connectivity index (χ1) is 5.86. The summed E-state index contributed by atoms with van der Waals surface area (Å²) in [5.41, 5.74) is 1.29. The number of hydrogen-bond donors (Lipinski definition) is 0. The Hall–Kier alpha value is -0.850. The fourth-order valence-corrected chi connectivity index (χ4v) is 2.09. The smallest absolute Gasteiger partial charge is 0.0434 e. The molecule has 1 aromatic heterocycles. The Balaban J connectivity index is 2.11. The molecule has 1 aromatic rings. The molecule has 0 spiro atoms. The molecule has 0 N–H and O–H groups in total. The van der Waals surface area contributed by atoms with E-state index in [1.165, 1.54) is 25.0 Å². The second-order valence-electron chi connectivity index (χ2n) is 3.87. The molecule has 0 aromatic carbocycles. The van der Waals surface area contributed by atoms with Crippen LogP contribution in [-0.2, 0) is 0 Å². The molecular weight excluding hydrogens is 146 g/mol. The Morgan fingerprint density at radius 1 is 1.33 bits per heavy atom. The first-order valence-electron chi connectivity index (χ1n) is 4.77. The summed E-state index contributed by atoms with van der Waals surface area (Å²) in [6, 6.07) is 6.23. The van der Waals surface area contributed by atoms with Crippen LogP contribution in [-0.4, -0.2) is 4.98 Å². The Morgan fingerprint density at radius 3 is 2.83 bits per heavy atom. The van der Waals surface area contributed by atoms with Crippen molar-refractivity contribution in [1.29, 1.82) is 0 Å². The van der Waals surface area contributed by atoms with Crippen molar-refractivity contribution in [3.8, 4) is 0 Å². The van der Waals surface area contributed by atoms with E-state index < -0.39 is 0 Å². The van der Waals surface area contributed by atoms with Crippen LogP contribution in [0.5, 0.6) is 0 Å². The molecule has 64 valence electrons. The third kappa shape index (κ3) is 1.50. The maximum Gasteiger partial charge on any atom is 0.0434 e. The van der Waals surface area contributed by atoms with Crippen LogP contribution in [0.3, 0.4) is 0 Å². The van der Waals surface area contributed by atoms with Crippen molar-refractivity contribution < 1.29 is 0 Å². The van der Waals surface area contributed by atoms with E-state index in [-0.39, 0.29) is 0 Å². The van der Waals surface area contributed by atoms with Crippen LogP contribution in [0.25, 0.3) is 0 Å². The summed E-state index contributed by atoms with van der Waals surface area (Å²) in [7, 11) is 0. The summed E-state index contributed by atoms with van der Waals surface area (Å²) in [6.07, 6.45) is 5.94. The molecule has 0 unspecified atom stereocenters. The van der Waals surface area contributed by atoms with Crippen molar-refractivity contribution in [2.24, 2.45) is 5.92 Å². The predicted octanol–water partition coefficient (Wildman–Crippen LogP) is 2.99.